The van der Waals surface area contributed by atoms with Gasteiger partial charge in [-0.3, -0.25) is 0 Å². The minimum Gasteiger partial charge on any atom is -0.382 e. The molecule has 108 valence electrons. The Balaban J connectivity index is 1.98. The van der Waals surface area contributed by atoms with Gasteiger partial charge < -0.3 is 10.2 Å². The second kappa shape index (κ2) is 7.31. The SMILES string of the molecule is CCCN1CCCC(Nc2cc(C#N)ccc2C)CC1. The maximum Gasteiger partial charge on any atom is 0.0992 e. The fraction of sp³-hybridized carbons (Fsp3) is 0.588. The third-order valence-corrected chi connectivity index (χ3v) is 4.09. The number of nitrogens with one attached hydrogen (secondary N) is 1. The average molecular weight is 271 g/mol. The molecule has 1 aromatic carbocycles. The lowest BCUT2D eigenvalue weighted by atomic mass is 10.1. The van der Waals surface area contributed by atoms with E-state index in [2.05, 4.69) is 30.1 Å². The van der Waals surface area contributed by atoms with Crippen LogP contribution in [0.25, 0.3) is 0 Å². The predicted octanol–water partition coefficient (Wildman–Crippen LogP) is 3.54. The number of nitriles is 1. The Labute approximate surface area is 122 Å². The molecule has 1 N–H and O–H groups in total. The molecule has 0 bridgehead atoms. The van der Waals surface area contributed by atoms with Crippen LogP contribution in [0.15, 0.2) is 18.2 Å². The maximum absolute atomic E-state index is 9.01. The fourth-order valence-electron chi connectivity index (χ4n) is 2.91. The predicted molar refractivity (Wildman–Crippen MR) is 83.9 cm³/mol. The number of nitrogens with zero attached hydrogens (tertiary/aromatic N) is 2. The number of rotatable bonds is 4. The van der Waals surface area contributed by atoms with E-state index < -0.39 is 0 Å². The summed E-state index contributed by atoms with van der Waals surface area (Å²) in [7, 11) is 0. The first-order valence-corrected chi connectivity index (χ1v) is 7.72. The molecule has 1 atom stereocenters. The maximum atomic E-state index is 9.01. The van der Waals surface area contributed by atoms with E-state index in [0.717, 1.165) is 11.3 Å². The molecular weight excluding hydrogens is 246 g/mol. The minimum atomic E-state index is 0.532. The molecule has 1 aliphatic heterocycles. The van der Waals surface area contributed by atoms with Crippen molar-refractivity contribution in [1.29, 1.82) is 5.26 Å². The van der Waals surface area contributed by atoms with Crippen molar-refractivity contribution < 1.29 is 0 Å². The fourth-order valence-corrected chi connectivity index (χ4v) is 2.91. The van der Waals surface area contributed by atoms with E-state index in [1.54, 1.807) is 0 Å². The number of hydrogen-bond acceptors (Lipinski definition) is 3. The Kier molecular flexibility index (Phi) is 5.43. The van der Waals surface area contributed by atoms with Crippen LogP contribution in [0, 0.1) is 18.3 Å². The van der Waals surface area contributed by atoms with Crippen molar-refractivity contribution in [1.82, 2.24) is 4.90 Å². The van der Waals surface area contributed by atoms with E-state index in [1.165, 1.54) is 50.9 Å². The summed E-state index contributed by atoms with van der Waals surface area (Å²) < 4.78 is 0. The molecule has 0 aliphatic carbocycles. The van der Waals surface area contributed by atoms with Gasteiger partial charge in [0.2, 0.25) is 0 Å². The van der Waals surface area contributed by atoms with E-state index in [-0.39, 0.29) is 0 Å². The van der Waals surface area contributed by atoms with Crippen molar-refractivity contribution in [3.63, 3.8) is 0 Å². The van der Waals surface area contributed by atoms with Gasteiger partial charge in [-0.25, -0.2) is 0 Å². The second-order valence-corrected chi connectivity index (χ2v) is 5.76. The number of benzene rings is 1. The average Bonchev–Trinajstić information content (AvgIpc) is 2.67. The lowest BCUT2D eigenvalue weighted by Gasteiger charge is -2.21. The van der Waals surface area contributed by atoms with E-state index in [1.807, 2.05) is 18.2 Å². The molecule has 1 heterocycles. The van der Waals surface area contributed by atoms with Crippen LogP contribution in [0.1, 0.15) is 43.7 Å². The summed E-state index contributed by atoms with van der Waals surface area (Å²) in [4.78, 5) is 2.57. The first kappa shape index (κ1) is 14.9. The van der Waals surface area contributed by atoms with Crippen molar-refractivity contribution in [3.05, 3.63) is 29.3 Å². The highest BCUT2D eigenvalue weighted by molar-refractivity contribution is 5.55. The second-order valence-electron chi connectivity index (χ2n) is 5.76. The molecule has 1 fully saturated rings. The van der Waals surface area contributed by atoms with Crippen LogP contribution in [0.5, 0.6) is 0 Å². The van der Waals surface area contributed by atoms with Crippen molar-refractivity contribution >= 4 is 5.69 Å². The van der Waals surface area contributed by atoms with Gasteiger partial charge in [0.15, 0.2) is 0 Å². The first-order chi connectivity index (χ1) is 9.72. The molecule has 0 amide bonds. The van der Waals surface area contributed by atoms with E-state index >= 15 is 0 Å². The van der Waals surface area contributed by atoms with Crippen LogP contribution in [0.2, 0.25) is 0 Å². The highest BCUT2D eigenvalue weighted by Gasteiger charge is 2.16. The molecule has 0 radical (unpaired) electrons. The molecule has 3 heteroatoms. The summed E-state index contributed by atoms with van der Waals surface area (Å²) in [5.74, 6) is 0. The normalized spacial score (nSPS) is 20.1. The summed E-state index contributed by atoms with van der Waals surface area (Å²) >= 11 is 0. The number of likely N-dealkylation sites (tertiary alicyclic amines) is 1. The standard InChI is InChI=1S/C17H25N3/c1-3-9-20-10-4-5-16(8-11-20)19-17-12-15(13-18)7-6-14(17)2/h6-7,12,16,19H,3-5,8-11H2,1-2H3. The lowest BCUT2D eigenvalue weighted by molar-refractivity contribution is 0.285. The topological polar surface area (TPSA) is 39.1 Å². The van der Waals surface area contributed by atoms with Crippen LogP contribution >= 0.6 is 0 Å². The summed E-state index contributed by atoms with van der Waals surface area (Å²) in [6.07, 6.45) is 4.91. The molecule has 3 nitrogen and oxygen atoms in total. The highest BCUT2D eigenvalue weighted by atomic mass is 15.1. The zero-order chi connectivity index (χ0) is 14.4. The largest absolute Gasteiger partial charge is 0.382 e. The van der Waals surface area contributed by atoms with Gasteiger partial charge in [-0.1, -0.05) is 13.0 Å². The van der Waals surface area contributed by atoms with E-state index in [4.69, 9.17) is 5.26 Å². The Morgan fingerprint density at radius 3 is 2.95 bits per heavy atom. The summed E-state index contributed by atoms with van der Waals surface area (Å²) in [6.45, 7) is 7.97. The Bertz CT molecular complexity index is 476. The lowest BCUT2D eigenvalue weighted by Crippen LogP contribution is -2.27. The van der Waals surface area contributed by atoms with Crippen molar-refractivity contribution in [2.75, 3.05) is 25.0 Å². The quantitative estimate of drug-likeness (QED) is 0.910. The van der Waals surface area contributed by atoms with Gasteiger partial charge in [0, 0.05) is 18.3 Å². The third-order valence-electron chi connectivity index (χ3n) is 4.09. The van der Waals surface area contributed by atoms with Crippen molar-refractivity contribution in [3.8, 4) is 6.07 Å². The zero-order valence-electron chi connectivity index (χ0n) is 12.7. The van der Waals surface area contributed by atoms with Crippen LogP contribution in [0.4, 0.5) is 5.69 Å². The van der Waals surface area contributed by atoms with Gasteiger partial charge in [0.05, 0.1) is 11.6 Å². The first-order valence-electron chi connectivity index (χ1n) is 7.72. The molecule has 2 rings (SSSR count). The van der Waals surface area contributed by atoms with Crippen LogP contribution in [-0.2, 0) is 0 Å². The van der Waals surface area contributed by atoms with E-state index in [9.17, 15) is 0 Å². The molecule has 1 aromatic rings. The van der Waals surface area contributed by atoms with Crippen molar-refractivity contribution in [2.45, 2.75) is 45.6 Å². The van der Waals surface area contributed by atoms with Gasteiger partial charge in [0.25, 0.3) is 0 Å². The number of anilines is 1. The molecule has 0 spiro atoms. The monoisotopic (exact) mass is 271 g/mol. The van der Waals surface area contributed by atoms with Gasteiger partial charge in [0.1, 0.15) is 0 Å². The van der Waals surface area contributed by atoms with Gasteiger partial charge >= 0.3 is 0 Å². The van der Waals surface area contributed by atoms with Crippen molar-refractivity contribution in [2.24, 2.45) is 0 Å². The van der Waals surface area contributed by atoms with Gasteiger partial charge in [-0.15, -0.1) is 0 Å². The number of hydrogen-bond donors (Lipinski definition) is 1. The minimum absolute atomic E-state index is 0.532. The van der Waals surface area contributed by atoms with Crippen LogP contribution in [-0.4, -0.2) is 30.6 Å². The molecule has 0 aromatic heterocycles. The highest BCUT2D eigenvalue weighted by Crippen LogP contribution is 2.21. The molecule has 1 unspecified atom stereocenters. The molecule has 0 saturated carbocycles. The van der Waals surface area contributed by atoms with E-state index in [0.29, 0.717) is 6.04 Å². The summed E-state index contributed by atoms with van der Waals surface area (Å²) in [5, 5.41) is 12.7. The van der Waals surface area contributed by atoms with Gasteiger partial charge in [-0.2, -0.15) is 5.26 Å². The third kappa shape index (κ3) is 3.98. The number of aryl methyl sites for hydroxylation is 1. The Morgan fingerprint density at radius 2 is 2.20 bits per heavy atom. The van der Waals surface area contributed by atoms with Gasteiger partial charge in [-0.05, 0) is 63.4 Å². The molecule has 1 aliphatic rings. The van der Waals surface area contributed by atoms with Crippen LogP contribution < -0.4 is 5.32 Å². The smallest absolute Gasteiger partial charge is 0.0992 e. The summed E-state index contributed by atoms with van der Waals surface area (Å²) in [6, 6.07) is 8.64. The zero-order valence-corrected chi connectivity index (χ0v) is 12.7. The summed E-state index contributed by atoms with van der Waals surface area (Å²) in [5.41, 5.74) is 3.08. The molecular formula is C17H25N3. The molecule has 20 heavy (non-hydrogen) atoms. The molecule has 1 saturated heterocycles. The Morgan fingerprint density at radius 1 is 1.35 bits per heavy atom. The Hall–Kier alpha value is -1.53. The van der Waals surface area contributed by atoms with Crippen LogP contribution in [0.3, 0.4) is 0 Å².